The summed E-state index contributed by atoms with van der Waals surface area (Å²) in [6.45, 7) is 10.8. The Morgan fingerprint density at radius 2 is 1.75 bits per heavy atom. The zero-order valence-corrected chi connectivity index (χ0v) is 14.6. The van der Waals surface area contributed by atoms with Crippen molar-refractivity contribution < 1.29 is 0 Å². The van der Waals surface area contributed by atoms with Gasteiger partial charge in [0, 0.05) is 12.6 Å². The van der Waals surface area contributed by atoms with Crippen LogP contribution >= 0.6 is 0 Å². The van der Waals surface area contributed by atoms with Crippen LogP contribution in [0.4, 0.5) is 0 Å². The molecular formula is C19H39N. The molecule has 2 atom stereocenters. The monoisotopic (exact) mass is 281 g/mol. The van der Waals surface area contributed by atoms with Crippen LogP contribution in [0.25, 0.3) is 0 Å². The maximum atomic E-state index is 3.84. The Hall–Kier alpha value is -0.0400. The van der Waals surface area contributed by atoms with E-state index in [2.05, 4.69) is 33.0 Å². The molecular weight excluding hydrogens is 242 g/mol. The lowest BCUT2D eigenvalue weighted by Gasteiger charge is -2.37. The Balaban J connectivity index is 2.55. The van der Waals surface area contributed by atoms with Crippen molar-refractivity contribution in [1.29, 1.82) is 0 Å². The topological polar surface area (TPSA) is 12.0 Å². The largest absolute Gasteiger partial charge is 0.313 e. The molecule has 1 aliphatic rings. The first-order chi connectivity index (χ1) is 9.69. The molecule has 1 nitrogen and oxygen atoms in total. The highest BCUT2D eigenvalue weighted by Gasteiger charge is 2.32. The molecule has 0 heterocycles. The Morgan fingerprint density at radius 3 is 2.25 bits per heavy atom. The number of rotatable bonds is 13. The molecule has 0 spiro atoms. The van der Waals surface area contributed by atoms with Crippen molar-refractivity contribution in [2.45, 2.75) is 104 Å². The second kappa shape index (κ2) is 9.82. The molecule has 2 unspecified atom stereocenters. The summed E-state index contributed by atoms with van der Waals surface area (Å²) in [4.78, 5) is 0. The van der Waals surface area contributed by atoms with Gasteiger partial charge in [-0.2, -0.15) is 0 Å². The van der Waals surface area contributed by atoms with E-state index in [1.54, 1.807) is 0 Å². The smallest absolute Gasteiger partial charge is 0.00684 e. The first kappa shape index (κ1) is 18.0. The summed E-state index contributed by atoms with van der Waals surface area (Å²) in [5.74, 6) is 0.952. The van der Waals surface area contributed by atoms with E-state index in [1.807, 2.05) is 0 Å². The van der Waals surface area contributed by atoms with Crippen LogP contribution in [0, 0.1) is 11.3 Å². The van der Waals surface area contributed by atoms with Crippen LogP contribution in [0.3, 0.4) is 0 Å². The SMILES string of the molecule is CCCCC(CC)CC(CC)(CCCC)CNC1CC1. The maximum absolute atomic E-state index is 3.84. The zero-order valence-electron chi connectivity index (χ0n) is 14.6. The van der Waals surface area contributed by atoms with E-state index in [-0.39, 0.29) is 0 Å². The standard InChI is InChI=1S/C19H39N/c1-5-9-11-17(7-3)15-19(8-4,14-10-6-2)16-20-18-12-13-18/h17-18,20H,5-16H2,1-4H3. The predicted octanol–water partition coefficient (Wildman–Crippen LogP) is 5.93. The van der Waals surface area contributed by atoms with E-state index >= 15 is 0 Å². The van der Waals surface area contributed by atoms with Crippen LogP contribution in [-0.4, -0.2) is 12.6 Å². The average molecular weight is 282 g/mol. The van der Waals surface area contributed by atoms with Crippen molar-refractivity contribution in [3.05, 3.63) is 0 Å². The Morgan fingerprint density at radius 1 is 1.05 bits per heavy atom. The Bertz CT molecular complexity index is 234. The van der Waals surface area contributed by atoms with Gasteiger partial charge in [0.2, 0.25) is 0 Å². The van der Waals surface area contributed by atoms with Crippen LogP contribution in [0.15, 0.2) is 0 Å². The van der Waals surface area contributed by atoms with Crippen molar-refractivity contribution in [3.63, 3.8) is 0 Å². The molecule has 1 N–H and O–H groups in total. The molecule has 0 aromatic carbocycles. The molecule has 0 saturated heterocycles. The summed E-state index contributed by atoms with van der Waals surface area (Å²) in [6.07, 6.45) is 15.4. The van der Waals surface area contributed by atoms with E-state index in [9.17, 15) is 0 Å². The maximum Gasteiger partial charge on any atom is 0.00684 e. The van der Waals surface area contributed by atoms with Crippen molar-refractivity contribution in [2.75, 3.05) is 6.54 Å². The van der Waals surface area contributed by atoms with Gasteiger partial charge in [0.05, 0.1) is 0 Å². The lowest BCUT2D eigenvalue weighted by molar-refractivity contribution is 0.165. The van der Waals surface area contributed by atoms with Crippen LogP contribution < -0.4 is 5.32 Å². The van der Waals surface area contributed by atoms with E-state index in [0.29, 0.717) is 5.41 Å². The number of hydrogen-bond donors (Lipinski definition) is 1. The van der Waals surface area contributed by atoms with Crippen molar-refractivity contribution >= 4 is 0 Å². The number of unbranched alkanes of at least 4 members (excludes halogenated alkanes) is 2. The highest BCUT2D eigenvalue weighted by Crippen LogP contribution is 2.38. The molecule has 0 aromatic rings. The van der Waals surface area contributed by atoms with Gasteiger partial charge in [0.1, 0.15) is 0 Å². The lowest BCUT2D eigenvalue weighted by atomic mass is 9.71. The number of hydrogen-bond acceptors (Lipinski definition) is 1. The molecule has 1 heteroatoms. The second-order valence-corrected chi connectivity index (χ2v) is 7.23. The van der Waals surface area contributed by atoms with Crippen LogP contribution in [0.1, 0.15) is 98.3 Å². The molecule has 0 bridgehead atoms. The normalized spacial score (nSPS) is 19.8. The molecule has 1 saturated carbocycles. The molecule has 0 aliphatic heterocycles. The van der Waals surface area contributed by atoms with Crippen LogP contribution in [-0.2, 0) is 0 Å². The van der Waals surface area contributed by atoms with Crippen molar-refractivity contribution in [2.24, 2.45) is 11.3 Å². The van der Waals surface area contributed by atoms with E-state index in [1.165, 1.54) is 77.2 Å². The molecule has 0 radical (unpaired) electrons. The quantitative estimate of drug-likeness (QED) is 0.441. The zero-order chi connectivity index (χ0) is 14.8. The van der Waals surface area contributed by atoms with Crippen molar-refractivity contribution in [1.82, 2.24) is 5.32 Å². The third-order valence-corrected chi connectivity index (χ3v) is 5.42. The summed E-state index contributed by atoms with van der Waals surface area (Å²) in [7, 11) is 0. The van der Waals surface area contributed by atoms with Gasteiger partial charge in [-0.1, -0.05) is 66.2 Å². The van der Waals surface area contributed by atoms with Crippen LogP contribution in [0.2, 0.25) is 0 Å². The molecule has 0 amide bonds. The van der Waals surface area contributed by atoms with Gasteiger partial charge in [-0.15, -0.1) is 0 Å². The average Bonchev–Trinajstić information content (AvgIpc) is 3.30. The molecule has 1 rings (SSSR count). The third kappa shape index (κ3) is 6.61. The first-order valence-electron chi connectivity index (χ1n) is 9.43. The van der Waals surface area contributed by atoms with Gasteiger partial charge >= 0.3 is 0 Å². The molecule has 120 valence electrons. The molecule has 0 aromatic heterocycles. The van der Waals surface area contributed by atoms with Gasteiger partial charge < -0.3 is 5.32 Å². The van der Waals surface area contributed by atoms with E-state index < -0.39 is 0 Å². The first-order valence-corrected chi connectivity index (χ1v) is 9.43. The highest BCUT2D eigenvalue weighted by molar-refractivity contribution is 4.88. The minimum absolute atomic E-state index is 0.576. The van der Waals surface area contributed by atoms with Gasteiger partial charge in [0.15, 0.2) is 0 Å². The summed E-state index contributed by atoms with van der Waals surface area (Å²) < 4.78 is 0. The minimum atomic E-state index is 0.576. The minimum Gasteiger partial charge on any atom is -0.313 e. The van der Waals surface area contributed by atoms with Crippen LogP contribution in [0.5, 0.6) is 0 Å². The van der Waals surface area contributed by atoms with Crippen molar-refractivity contribution in [3.8, 4) is 0 Å². The Kier molecular flexibility index (Phi) is 8.84. The molecule has 20 heavy (non-hydrogen) atoms. The van der Waals surface area contributed by atoms with Gasteiger partial charge in [0.25, 0.3) is 0 Å². The summed E-state index contributed by atoms with van der Waals surface area (Å²) in [5, 5.41) is 3.84. The van der Waals surface area contributed by atoms with Gasteiger partial charge in [-0.05, 0) is 43.4 Å². The third-order valence-electron chi connectivity index (χ3n) is 5.42. The number of nitrogens with one attached hydrogen (secondary N) is 1. The summed E-state index contributed by atoms with van der Waals surface area (Å²) in [6, 6.07) is 0.860. The highest BCUT2D eigenvalue weighted by atomic mass is 15.0. The van der Waals surface area contributed by atoms with E-state index in [4.69, 9.17) is 0 Å². The lowest BCUT2D eigenvalue weighted by Crippen LogP contribution is -2.36. The summed E-state index contributed by atoms with van der Waals surface area (Å²) >= 11 is 0. The fourth-order valence-electron chi connectivity index (χ4n) is 3.46. The van der Waals surface area contributed by atoms with Gasteiger partial charge in [-0.25, -0.2) is 0 Å². The Labute approximate surface area is 128 Å². The predicted molar refractivity (Wildman–Crippen MR) is 91.2 cm³/mol. The molecule has 1 aliphatic carbocycles. The second-order valence-electron chi connectivity index (χ2n) is 7.23. The summed E-state index contributed by atoms with van der Waals surface area (Å²) in [5.41, 5.74) is 0.576. The fourth-order valence-corrected chi connectivity index (χ4v) is 3.46. The molecule has 1 fully saturated rings. The van der Waals surface area contributed by atoms with Gasteiger partial charge in [-0.3, -0.25) is 0 Å². The fraction of sp³-hybridized carbons (Fsp3) is 1.00. The van der Waals surface area contributed by atoms with E-state index in [0.717, 1.165) is 12.0 Å².